The van der Waals surface area contributed by atoms with Crippen LogP contribution in [0.25, 0.3) is 11.0 Å². The quantitative estimate of drug-likeness (QED) is 0.380. The lowest BCUT2D eigenvalue weighted by molar-refractivity contribution is -0.384. The second-order valence-electron chi connectivity index (χ2n) is 6.23. The van der Waals surface area contributed by atoms with E-state index in [1.54, 1.807) is 19.1 Å². The topological polar surface area (TPSA) is 121 Å². The molecule has 9 heteroatoms. The van der Waals surface area contributed by atoms with Gasteiger partial charge in [-0.25, -0.2) is 4.79 Å². The van der Waals surface area contributed by atoms with Gasteiger partial charge in [-0.2, -0.15) is 0 Å². The van der Waals surface area contributed by atoms with Crippen molar-refractivity contribution in [1.82, 2.24) is 0 Å². The number of hydrogen-bond donors (Lipinski definition) is 1. The normalized spacial score (nSPS) is 11.7. The van der Waals surface area contributed by atoms with Crippen LogP contribution in [0.2, 0.25) is 0 Å². The maximum absolute atomic E-state index is 12.4. The molecule has 0 saturated carbocycles. The summed E-state index contributed by atoms with van der Waals surface area (Å²) in [4.78, 5) is 35.1. The SMILES string of the molecule is COc1cc([N+](=O)[O-])ccc1NC(=O)[C@@H](C)OC(=O)c1oc2ccccc2c1C. The van der Waals surface area contributed by atoms with Gasteiger partial charge < -0.3 is 19.2 Å². The highest BCUT2D eigenvalue weighted by atomic mass is 16.6. The summed E-state index contributed by atoms with van der Waals surface area (Å²) in [6, 6.07) is 10.9. The molecular weight excluding hydrogens is 380 g/mol. The number of amides is 1. The first-order valence-electron chi connectivity index (χ1n) is 8.64. The van der Waals surface area contributed by atoms with Crippen molar-refractivity contribution in [1.29, 1.82) is 0 Å². The number of ether oxygens (including phenoxy) is 2. The molecule has 9 nitrogen and oxygen atoms in total. The molecular formula is C20H18N2O7. The number of para-hydroxylation sites is 1. The summed E-state index contributed by atoms with van der Waals surface area (Å²) in [7, 11) is 1.32. The number of nitrogens with one attached hydrogen (secondary N) is 1. The van der Waals surface area contributed by atoms with Crippen LogP contribution in [0.3, 0.4) is 0 Å². The number of esters is 1. The first-order valence-corrected chi connectivity index (χ1v) is 8.64. The maximum Gasteiger partial charge on any atom is 0.375 e. The van der Waals surface area contributed by atoms with E-state index < -0.39 is 22.9 Å². The number of fused-ring (bicyclic) bond motifs is 1. The van der Waals surface area contributed by atoms with Crippen LogP contribution in [-0.4, -0.2) is 30.0 Å². The molecule has 0 radical (unpaired) electrons. The van der Waals surface area contributed by atoms with Gasteiger partial charge in [0.15, 0.2) is 6.10 Å². The molecule has 3 aromatic rings. The number of non-ortho nitro benzene ring substituents is 1. The number of nitrogens with zero attached hydrogens (tertiary/aromatic N) is 1. The average molecular weight is 398 g/mol. The number of nitro benzene ring substituents is 1. The van der Waals surface area contributed by atoms with Crippen molar-refractivity contribution in [2.75, 3.05) is 12.4 Å². The molecule has 1 amide bonds. The van der Waals surface area contributed by atoms with E-state index in [9.17, 15) is 19.7 Å². The van der Waals surface area contributed by atoms with Gasteiger partial charge >= 0.3 is 5.97 Å². The van der Waals surface area contributed by atoms with Gasteiger partial charge in [0, 0.05) is 17.0 Å². The van der Waals surface area contributed by atoms with Crippen molar-refractivity contribution in [3.63, 3.8) is 0 Å². The Morgan fingerprint density at radius 2 is 1.93 bits per heavy atom. The summed E-state index contributed by atoms with van der Waals surface area (Å²) in [6.45, 7) is 3.14. The van der Waals surface area contributed by atoms with Crippen LogP contribution in [0.15, 0.2) is 46.9 Å². The molecule has 0 unspecified atom stereocenters. The molecule has 0 fully saturated rings. The van der Waals surface area contributed by atoms with E-state index >= 15 is 0 Å². The molecule has 0 saturated heterocycles. The Morgan fingerprint density at radius 1 is 1.21 bits per heavy atom. The van der Waals surface area contributed by atoms with E-state index in [0.717, 1.165) is 5.39 Å². The molecule has 0 spiro atoms. The molecule has 29 heavy (non-hydrogen) atoms. The summed E-state index contributed by atoms with van der Waals surface area (Å²) >= 11 is 0. The molecule has 0 aliphatic carbocycles. The minimum Gasteiger partial charge on any atom is -0.494 e. The second-order valence-corrected chi connectivity index (χ2v) is 6.23. The van der Waals surface area contributed by atoms with E-state index in [1.165, 1.54) is 32.2 Å². The summed E-state index contributed by atoms with van der Waals surface area (Å²) in [5.41, 5.74) is 1.20. The number of aryl methyl sites for hydroxylation is 1. The summed E-state index contributed by atoms with van der Waals surface area (Å²) < 4.78 is 15.8. The maximum atomic E-state index is 12.4. The fourth-order valence-corrected chi connectivity index (χ4v) is 2.77. The number of carbonyl (C=O) groups excluding carboxylic acids is 2. The number of rotatable bonds is 6. The minimum atomic E-state index is -1.14. The highest BCUT2D eigenvalue weighted by molar-refractivity contribution is 6.00. The Hall–Kier alpha value is -3.88. The number of anilines is 1. The van der Waals surface area contributed by atoms with Crippen LogP contribution < -0.4 is 10.1 Å². The fraction of sp³-hybridized carbons (Fsp3) is 0.200. The van der Waals surface area contributed by atoms with Crippen molar-refractivity contribution in [3.8, 4) is 5.75 Å². The molecule has 0 bridgehead atoms. The van der Waals surface area contributed by atoms with E-state index in [4.69, 9.17) is 13.9 Å². The number of hydrogen-bond acceptors (Lipinski definition) is 7. The second kappa shape index (κ2) is 8.01. The standard InChI is InChI=1S/C20H18N2O7/c1-11-14-6-4-5-7-16(14)29-18(11)20(24)28-12(2)19(23)21-15-9-8-13(22(25)26)10-17(15)27-3/h4-10,12H,1-3H3,(H,21,23)/t12-/m1/s1. The van der Waals surface area contributed by atoms with Crippen molar-refractivity contribution in [2.24, 2.45) is 0 Å². The number of furan rings is 1. The van der Waals surface area contributed by atoms with Crippen molar-refractivity contribution in [3.05, 3.63) is 63.9 Å². The summed E-state index contributed by atoms with van der Waals surface area (Å²) in [5.74, 6) is -1.26. The molecule has 1 atom stereocenters. The monoisotopic (exact) mass is 398 g/mol. The summed E-state index contributed by atoms with van der Waals surface area (Å²) in [5, 5.41) is 14.2. The zero-order valence-electron chi connectivity index (χ0n) is 15.9. The van der Waals surface area contributed by atoms with Crippen LogP contribution in [0, 0.1) is 17.0 Å². The zero-order valence-corrected chi connectivity index (χ0v) is 15.9. The Bertz CT molecular complexity index is 1100. The van der Waals surface area contributed by atoms with Crippen molar-refractivity contribution < 1.29 is 28.4 Å². The van der Waals surface area contributed by atoms with Crippen LogP contribution >= 0.6 is 0 Å². The molecule has 3 rings (SSSR count). The van der Waals surface area contributed by atoms with Gasteiger partial charge in [-0.1, -0.05) is 18.2 Å². The highest BCUT2D eigenvalue weighted by Gasteiger charge is 2.25. The van der Waals surface area contributed by atoms with Crippen molar-refractivity contribution in [2.45, 2.75) is 20.0 Å². The largest absolute Gasteiger partial charge is 0.494 e. The van der Waals surface area contributed by atoms with Gasteiger partial charge in [0.05, 0.1) is 23.8 Å². The van der Waals surface area contributed by atoms with Crippen LogP contribution in [0.4, 0.5) is 11.4 Å². The van der Waals surface area contributed by atoms with Crippen LogP contribution in [0.1, 0.15) is 23.0 Å². The van der Waals surface area contributed by atoms with Gasteiger partial charge in [0.2, 0.25) is 5.76 Å². The number of methoxy groups -OCH3 is 1. The molecule has 1 heterocycles. The van der Waals surface area contributed by atoms with Gasteiger partial charge in [-0.15, -0.1) is 0 Å². The van der Waals surface area contributed by atoms with Gasteiger partial charge in [-0.3, -0.25) is 14.9 Å². The van der Waals surface area contributed by atoms with E-state index in [1.807, 2.05) is 12.1 Å². The molecule has 0 aliphatic heterocycles. The predicted octanol–water partition coefficient (Wildman–Crippen LogP) is 3.84. The lowest BCUT2D eigenvalue weighted by atomic mass is 10.1. The zero-order chi connectivity index (χ0) is 21.1. The third-order valence-electron chi connectivity index (χ3n) is 4.34. The molecule has 0 aliphatic rings. The number of benzene rings is 2. The van der Waals surface area contributed by atoms with Gasteiger partial charge in [0.1, 0.15) is 11.3 Å². The van der Waals surface area contributed by atoms with Crippen LogP contribution in [0.5, 0.6) is 5.75 Å². The lowest BCUT2D eigenvalue weighted by Crippen LogP contribution is -2.30. The molecule has 1 aromatic heterocycles. The molecule has 1 N–H and O–H groups in total. The average Bonchev–Trinajstić information content (AvgIpc) is 3.05. The molecule has 2 aromatic carbocycles. The van der Waals surface area contributed by atoms with Gasteiger partial charge in [0.25, 0.3) is 11.6 Å². The third-order valence-corrected chi connectivity index (χ3v) is 4.34. The van der Waals surface area contributed by atoms with E-state index in [0.29, 0.717) is 11.1 Å². The highest BCUT2D eigenvalue weighted by Crippen LogP contribution is 2.29. The summed E-state index contributed by atoms with van der Waals surface area (Å²) in [6.07, 6.45) is -1.14. The third kappa shape index (κ3) is 4.03. The van der Waals surface area contributed by atoms with E-state index in [-0.39, 0.29) is 22.9 Å². The Balaban J connectivity index is 1.72. The first-order chi connectivity index (χ1) is 13.8. The van der Waals surface area contributed by atoms with Crippen molar-refractivity contribution >= 4 is 34.2 Å². The lowest BCUT2D eigenvalue weighted by Gasteiger charge is -2.14. The first kappa shape index (κ1) is 19.9. The Morgan fingerprint density at radius 3 is 2.59 bits per heavy atom. The van der Waals surface area contributed by atoms with Crippen LogP contribution in [-0.2, 0) is 9.53 Å². The molecule has 150 valence electrons. The smallest absolute Gasteiger partial charge is 0.375 e. The fourth-order valence-electron chi connectivity index (χ4n) is 2.77. The minimum absolute atomic E-state index is 0.0266. The predicted molar refractivity (Wildman–Crippen MR) is 104 cm³/mol. The van der Waals surface area contributed by atoms with Gasteiger partial charge in [-0.05, 0) is 26.0 Å². The van der Waals surface area contributed by atoms with E-state index in [2.05, 4.69) is 5.32 Å². The number of carbonyl (C=O) groups is 2. The number of nitro groups is 1. The Kier molecular flexibility index (Phi) is 5.49. The Labute approximate surface area is 165 Å².